The SMILES string of the molecule is COC(=O)c1cc(S(=O)(=O)Cl)nnc1N(C)CC1CC1. The minimum atomic E-state index is -4.05. The molecule has 0 aromatic carbocycles. The predicted octanol–water partition coefficient (Wildman–Crippen LogP) is 1.04. The number of ether oxygens (including phenoxy) is 1. The zero-order valence-electron chi connectivity index (χ0n) is 11.0. The minimum Gasteiger partial charge on any atom is -0.465 e. The first-order chi connectivity index (χ1) is 9.32. The van der Waals surface area contributed by atoms with Crippen molar-refractivity contribution in [2.45, 2.75) is 17.9 Å². The molecule has 9 heteroatoms. The summed E-state index contributed by atoms with van der Waals surface area (Å²) in [4.78, 5) is 13.5. The van der Waals surface area contributed by atoms with Gasteiger partial charge in [0.05, 0.1) is 7.11 Å². The van der Waals surface area contributed by atoms with Crippen LogP contribution in [0.25, 0.3) is 0 Å². The van der Waals surface area contributed by atoms with Crippen LogP contribution in [0.2, 0.25) is 0 Å². The van der Waals surface area contributed by atoms with Crippen LogP contribution in [0.5, 0.6) is 0 Å². The van der Waals surface area contributed by atoms with Crippen LogP contribution in [0.15, 0.2) is 11.1 Å². The van der Waals surface area contributed by atoms with Gasteiger partial charge in [0, 0.05) is 24.3 Å². The number of methoxy groups -OCH3 is 1. The molecule has 1 aliphatic rings. The van der Waals surface area contributed by atoms with E-state index in [4.69, 9.17) is 10.7 Å². The molecule has 0 unspecified atom stereocenters. The Kier molecular flexibility index (Phi) is 4.14. The molecule has 1 heterocycles. The molecule has 1 fully saturated rings. The molecule has 0 saturated heterocycles. The highest BCUT2D eigenvalue weighted by molar-refractivity contribution is 8.13. The van der Waals surface area contributed by atoms with Crippen molar-refractivity contribution in [3.05, 3.63) is 11.6 Å². The largest absolute Gasteiger partial charge is 0.465 e. The maximum absolute atomic E-state index is 11.8. The van der Waals surface area contributed by atoms with Gasteiger partial charge in [0.1, 0.15) is 5.56 Å². The summed E-state index contributed by atoms with van der Waals surface area (Å²) in [5.41, 5.74) is 0.0323. The number of esters is 1. The summed E-state index contributed by atoms with van der Waals surface area (Å²) in [6, 6.07) is 1.08. The van der Waals surface area contributed by atoms with Crippen molar-refractivity contribution in [2.75, 3.05) is 25.6 Å². The zero-order chi connectivity index (χ0) is 14.9. The third-order valence-corrected chi connectivity index (χ3v) is 4.17. The molecule has 2 rings (SSSR count). The highest BCUT2D eigenvalue weighted by atomic mass is 35.7. The van der Waals surface area contributed by atoms with Gasteiger partial charge in [-0.25, -0.2) is 13.2 Å². The molecule has 7 nitrogen and oxygen atoms in total. The number of hydrogen-bond acceptors (Lipinski definition) is 7. The minimum absolute atomic E-state index is 0.0323. The Balaban J connectivity index is 2.41. The van der Waals surface area contributed by atoms with Gasteiger partial charge in [-0.3, -0.25) is 0 Å². The average Bonchev–Trinajstić information content (AvgIpc) is 3.19. The number of rotatable bonds is 5. The molecule has 1 aromatic heterocycles. The average molecular weight is 320 g/mol. The van der Waals surface area contributed by atoms with Gasteiger partial charge < -0.3 is 9.64 Å². The topological polar surface area (TPSA) is 89.5 Å². The monoisotopic (exact) mass is 319 g/mol. The van der Waals surface area contributed by atoms with Gasteiger partial charge in [-0.05, 0) is 24.8 Å². The molecular formula is C11H14ClN3O4S. The van der Waals surface area contributed by atoms with Crippen molar-refractivity contribution >= 4 is 31.5 Å². The van der Waals surface area contributed by atoms with E-state index in [1.165, 1.54) is 7.11 Å². The van der Waals surface area contributed by atoms with Crippen LogP contribution in [-0.2, 0) is 13.8 Å². The Labute approximate surface area is 121 Å². The number of hydrogen-bond donors (Lipinski definition) is 0. The summed E-state index contributed by atoms with van der Waals surface area (Å²) < 4.78 is 27.2. The maximum atomic E-state index is 11.8. The fourth-order valence-corrected chi connectivity index (χ4v) is 2.43. The molecule has 20 heavy (non-hydrogen) atoms. The highest BCUT2D eigenvalue weighted by Gasteiger charge is 2.27. The first kappa shape index (κ1) is 15.0. The Bertz CT molecular complexity index is 631. The van der Waals surface area contributed by atoms with Crippen molar-refractivity contribution in [3.8, 4) is 0 Å². The van der Waals surface area contributed by atoms with Gasteiger partial charge in [-0.15, -0.1) is 10.2 Å². The van der Waals surface area contributed by atoms with Crippen LogP contribution in [-0.4, -0.2) is 45.3 Å². The standard InChI is InChI=1S/C11H14ClN3O4S/c1-15(6-7-3-4-7)10-8(11(16)19-2)5-9(13-14-10)20(12,17)18/h5,7H,3-4,6H2,1-2H3. The third kappa shape index (κ3) is 3.37. The number of aromatic nitrogens is 2. The number of carbonyl (C=O) groups is 1. The van der Waals surface area contributed by atoms with Crippen LogP contribution in [0.1, 0.15) is 23.2 Å². The molecule has 0 N–H and O–H groups in total. The summed E-state index contributed by atoms with van der Waals surface area (Å²) in [6.07, 6.45) is 2.28. The van der Waals surface area contributed by atoms with E-state index in [0.717, 1.165) is 25.5 Å². The van der Waals surface area contributed by atoms with Gasteiger partial charge in [-0.2, -0.15) is 0 Å². The van der Waals surface area contributed by atoms with E-state index < -0.39 is 20.0 Å². The second kappa shape index (κ2) is 5.53. The molecule has 0 spiro atoms. The van der Waals surface area contributed by atoms with Crippen molar-refractivity contribution in [1.82, 2.24) is 10.2 Å². The Morgan fingerprint density at radius 3 is 2.65 bits per heavy atom. The van der Waals surface area contributed by atoms with Gasteiger partial charge in [-0.1, -0.05) is 0 Å². The molecule has 0 aliphatic heterocycles. The molecule has 110 valence electrons. The smallest absolute Gasteiger partial charge is 0.341 e. The molecule has 1 saturated carbocycles. The Morgan fingerprint density at radius 1 is 1.50 bits per heavy atom. The van der Waals surface area contributed by atoms with Gasteiger partial charge in [0.2, 0.25) is 0 Å². The van der Waals surface area contributed by atoms with E-state index >= 15 is 0 Å². The van der Waals surface area contributed by atoms with E-state index in [9.17, 15) is 13.2 Å². The van der Waals surface area contributed by atoms with Crippen molar-refractivity contribution in [1.29, 1.82) is 0 Å². The summed E-state index contributed by atoms with van der Waals surface area (Å²) >= 11 is 0. The first-order valence-electron chi connectivity index (χ1n) is 5.94. The van der Waals surface area contributed by atoms with E-state index in [2.05, 4.69) is 14.9 Å². The highest BCUT2D eigenvalue weighted by Crippen LogP contribution is 2.31. The van der Waals surface area contributed by atoms with Crippen molar-refractivity contribution in [2.24, 2.45) is 5.92 Å². The lowest BCUT2D eigenvalue weighted by molar-refractivity contribution is 0.0600. The second-order valence-electron chi connectivity index (χ2n) is 4.67. The summed E-state index contributed by atoms with van der Waals surface area (Å²) in [6.45, 7) is 0.728. The van der Waals surface area contributed by atoms with E-state index in [0.29, 0.717) is 5.92 Å². The van der Waals surface area contributed by atoms with E-state index in [1.807, 2.05) is 0 Å². The zero-order valence-corrected chi connectivity index (χ0v) is 12.6. The van der Waals surface area contributed by atoms with E-state index in [1.54, 1.807) is 11.9 Å². The molecule has 1 aliphatic carbocycles. The Morgan fingerprint density at radius 2 is 2.15 bits per heavy atom. The third-order valence-electron chi connectivity index (χ3n) is 3.00. The lowest BCUT2D eigenvalue weighted by Crippen LogP contribution is -2.25. The van der Waals surface area contributed by atoms with E-state index in [-0.39, 0.29) is 11.4 Å². The maximum Gasteiger partial charge on any atom is 0.341 e. The molecular weight excluding hydrogens is 306 g/mol. The fourth-order valence-electron chi connectivity index (χ4n) is 1.80. The lowest BCUT2D eigenvalue weighted by atomic mass is 10.2. The number of halogens is 1. The second-order valence-corrected chi connectivity index (χ2v) is 7.19. The summed E-state index contributed by atoms with van der Waals surface area (Å²) in [5, 5.41) is 6.89. The summed E-state index contributed by atoms with van der Waals surface area (Å²) in [5.74, 6) is 0.177. The summed E-state index contributed by atoms with van der Waals surface area (Å²) in [7, 11) is 4.14. The van der Waals surface area contributed by atoms with Gasteiger partial charge in [0.25, 0.3) is 9.05 Å². The number of carbonyl (C=O) groups excluding carboxylic acids is 1. The van der Waals surface area contributed by atoms with Crippen LogP contribution < -0.4 is 4.90 Å². The predicted molar refractivity (Wildman–Crippen MR) is 72.4 cm³/mol. The number of nitrogens with zero attached hydrogens (tertiary/aromatic N) is 3. The Hall–Kier alpha value is -1.41. The molecule has 0 amide bonds. The fraction of sp³-hybridized carbons (Fsp3) is 0.545. The normalized spacial score (nSPS) is 14.9. The van der Waals surface area contributed by atoms with Crippen molar-refractivity contribution < 1.29 is 17.9 Å². The van der Waals surface area contributed by atoms with Crippen LogP contribution in [0.3, 0.4) is 0 Å². The molecule has 0 atom stereocenters. The quantitative estimate of drug-likeness (QED) is 0.591. The van der Waals surface area contributed by atoms with Gasteiger partial charge >= 0.3 is 5.97 Å². The van der Waals surface area contributed by atoms with Crippen molar-refractivity contribution in [3.63, 3.8) is 0 Å². The van der Waals surface area contributed by atoms with Crippen LogP contribution in [0, 0.1) is 5.92 Å². The molecule has 0 radical (unpaired) electrons. The van der Waals surface area contributed by atoms with Crippen LogP contribution >= 0.6 is 10.7 Å². The molecule has 0 bridgehead atoms. The van der Waals surface area contributed by atoms with Gasteiger partial charge in [0.15, 0.2) is 10.8 Å². The van der Waals surface area contributed by atoms with Crippen LogP contribution in [0.4, 0.5) is 5.82 Å². The first-order valence-corrected chi connectivity index (χ1v) is 8.25. The lowest BCUT2D eigenvalue weighted by Gasteiger charge is -2.19. The number of anilines is 1. The molecule has 1 aromatic rings.